The summed E-state index contributed by atoms with van der Waals surface area (Å²) in [5.74, 6) is 1.34. The van der Waals surface area contributed by atoms with Gasteiger partial charge in [-0.1, -0.05) is 49.0 Å². The first-order valence-corrected chi connectivity index (χ1v) is 9.09. The van der Waals surface area contributed by atoms with Crippen LogP contribution in [0.15, 0.2) is 79.5 Å². The summed E-state index contributed by atoms with van der Waals surface area (Å²) in [5.41, 5.74) is 4.36. The monoisotopic (exact) mass is 359 g/mol. The molecule has 0 aliphatic heterocycles. The van der Waals surface area contributed by atoms with Gasteiger partial charge < -0.3 is 15.4 Å². The van der Waals surface area contributed by atoms with E-state index in [1.54, 1.807) is 6.20 Å². The molecule has 0 saturated heterocycles. The highest BCUT2D eigenvalue weighted by atomic mass is 16.5. The molecule has 4 nitrogen and oxygen atoms in total. The predicted octanol–water partition coefficient (Wildman–Crippen LogP) is 4.40. The molecule has 0 unspecified atom stereocenters. The van der Waals surface area contributed by atoms with Gasteiger partial charge in [0.05, 0.1) is 0 Å². The molecular formula is C23H25N3O. The van der Waals surface area contributed by atoms with Gasteiger partial charge in [0, 0.05) is 37.1 Å². The van der Waals surface area contributed by atoms with Crippen molar-refractivity contribution in [2.75, 3.05) is 13.6 Å². The van der Waals surface area contributed by atoms with Gasteiger partial charge in [0.15, 0.2) is 0 Å². The molecule has 0 fully saturated rings. The van der Waals surface area contributed by atoms with Crippen LogP contribution in [0, 0.1) is 0 Å². The van der Waals surface area contributed by atoms with E-state index in [-0.39, 0.29) is 0 Å². The van der Waals surface area contributed by atoms with Gasteiger partial charge in [-0.05, 0) is 42.3 Å². The Bertz CT molecular complexity index is 843. The molecule has 0 atom stereocenters. The molecule has 0 radical (unpaired) electrons. The minimum Gasteiger partial charge on any atom is -0.439 e. The minimum absolute atomic E-state index is 0.566. The number of ether oxygens (including phenoxy) is 1. The summed E-state index contributed by atoms with van der Waals surface area (Å²) in [6.07, 6.45) is 2.78. The normalized spacial score (nSPS) is 10.4. The SMILES string of the molecule is C=C(NC)c1ccc(Oc2ccc(CNCCc3ccccc3)cc2)nc1. The molecule has 3 rings (SSSR count). The predicted molar refractivity (Wildman–Crippen MR) is 111 cm³/mol. The van der Waals surface area contributed by atoms with Crippen molar-refractivity contribution in [2.24, 2.45) is 0 Å². The van der Waals surface area contributed by atoms with Crippen LogP contribution in [0.25, 0.3) is 5.70 Å². The van der Waals surface area contributed by atoms with E-state index in [0.717, 1.165) is 36.5 Å². The van der Waals surface area contributed by atoms with Crippen molar-refractivity contribution in [1.82, 2.24) is 15.6 Å². The second-order valence-corrected chi connectivity index (χ2v) is 6.27. The first-order valence-electron chi connectivity index (χ1n) is 9.09. The van der Waals surface area contributed by atoms with Gasteiger partial charge in [-0.3, -0.25) is 0 Å². The van der Waals surface area contributed by atoms with E-state index in [2.05, 4.69) is 58.6 Å². The molecule has 27 heavy (non-hydrogen) atoms. The summed E-state index contributed by atoms with van der Waals surface area (Å²) in [5, 5.41) is 6.48. The molecule has 0 aliphatic carbocycles. The molecule has 2 N–H and O–H groups in total. The minimum atomic E-state index is 0.566. The van der Waals surface area contributed by atoms with Gasteiger partial charge >= 0.3 is 0 Å². The van der Waals surface area contributed by atoms with Crippen LogP contribution < -0.4 is 15.4 Å². The maximum atomic E-state index is 5.80. The molecule has 2 aromatic carbocycles. The first kappa shape index (κ1) is 18.7. The lowest BCUT2D eigenvalue weighted by atomic mass is 10.1. The van der Waals surface area contributed by atoms with E-state index < -0.39 is 0 Å². The maximum absolute atomic E-state index is 5.80. The molecule has 1 aromatic heterocycles. The summed E-state index contributed by atoms with van der Waals surface area (Å²) in [7, 11) is 1.84. The van der Waals surface area contributed by atoms with E-state index in [1.165, 1.54) is 11.1 Å². The van der Waals surface area contributed by atoms with Crippen LogP contribution in [0.4, 0.5) is 0 Å². The van der Waals surface area contributed by atoms with Crippen molar-refractivity contribution >= 4 is 5.70 Å². The van der Waals surface area contributed by atoms with Crippen molar-refractivity contribution in [3.63, 3.8) is 0 Å². The van der Waals surface area contributed by atoms with Crippen LogP contribution in [0.3, 0.4) is 0 Å². The Morgan fingerprint density at radius 2 is 1.74 bits per heavy atom. The molecule has 0 aliphatic rings. The Morgan fingerprint density at radius 1 is 0.963 bits per heavy atom. The fourth-order valence-electron chi connectivity index (χ4n) is 2.67. The number of rotatable bonds is 9. The van der Waals surface area contributed by atoms with Gasteiger partial charge in [-0.2, -0.15) is 0 Å². The topological polar surface area (TPSA) is 46.2 Å². The lowest BCUT2D eigenvalue weighted by Crippen LogP contribution is -2.16. The second kappa shape index (κ2) is 9.55. The largest absolute Gasteiger partial charge is 0.439 e. The van der Waals surface area contributed by atoms with E-state index in [4.69, 9.17) is 4.74 Å². The number of hydrogen-bond donors (Lipinski definition) is 2. The van der Waals surface area contributed by atoms with Gasteiger partial charge in [0.1, 0.15) is 5.75 Å². The fourth-order valence-corrected chi connectivity index (χ4v) is 2.67. The lowest BCUT2D eigenvalue weighted by molar-refractivity contribution is 0.462. The molecule has 4 heteroatoms. The van der Waals surface area contributed by atoms with Gasteiger partial charge in [-0.25, -0.2) is 4.98 Å². The Kier molecular flexibility index (Phi) is 6.61. The van der Waals surface area contributed by atoms with Gasteiger partial charge in [0.25, 0.3) is 0 Å². The van der Waals surface area contributed by atoms with E-state index in [0.29, 0.717) is 5.88 Å². The second-order valence-electron chi connectivity index (χ2n) is 6.27. The van der Waals surface area contributed by atoms with E-state index in [1.807, 2.05) is 37.4 Å². The third kappa shape index (κ3) is 5.69. The molecule has 1 heterocycles. The fraction of sp³-hybridized carbons (Fsp3) is 0.174. The summed E-state index contributed by atoms with van der Waals surface area (Å²) in [6, 6.07) is 22.4. The third-order valence-corrected chi connectivity index (χ3v) is 4.29. The average molecular weight is 359 g/mol. The summed E-state index contributed by atoms with van der Waals surface area (Å²) >= 11 is 0. The standard InChI is InChI=1S/C23H25N3O/c1-18(24-2)21-10-13-23(26-17-21)27-22-11-8-20(9-12-22)16-25-15-14-19-6-4-3-5-7-19/h3-13,17,24-25H,1,14-16H2,2H3. The number of nitrogens with zero attached hydrogens (tertiary/aromatic N) is 1. The highest BCUT2D eigenvalue weighted by Gasteiger charge is 2.02. The third-order valence-electron chi connectivity index (χ3n) is 4.29. The molecule has 3 aromatic rings. The van der Waals surface area contributed by atoms with Crippen molar-refractivity contribution in [3.8, 4) is 11.6 Å². The number of pyridine rings is 1. The lowest BCUT2D eigenvalue weighted by Gasteiger charge is -2.09. The number of benzene rings is 2. The van der Waals surface area contributed by atoms with Crippen molar-refractivity contribution in [2.45, 2.75) is 13.0 Å². The molecular weight excluding hydrogens is 334 g/mol. The Balaban J connectivity index is 1.46. The van der Waals surface area contributed by atoms with Crippen molar-refractivity contribution in [1.29, 1.82) is 0 Å². The molecule has 0 bridgehead atoms. The first-order chi connectivity index (χ1) is 13.2. The van der Waals surface area contributed by atoms with Crippen LogP contribution in [0.5, 0.6) is 11.6 Å². The van der Waals surface area contributed by atoms with Crippen LogP contribution in [-0.2, 0) is 13.0 Å². The maximum Gasteiger partial charge on any atom is 0.219 e. The zero-order valence-corrected chi connectivity index (χ0v) is 15.6. The molecule has 0 spiro atoms. The van der Waals surface area contributed by atoms with Gasteiger partial charge in [0.2, 0.25) is 5.88 Å². The van der Waals surface area contributed by atoms with Crippen molar-refractivity contribution < 1.29 is 4.74 Å². The molecule has 0 saturated carbocycles. The smallest absolute Gasteiger partial charge is 0.219 e. The molecule has 0 amide bonds. The van der Waals surface area contributed by atoms with E-state index in [9.17, 15) is 0 Å². The van der Waals surface area contributed by atoms with E-state index >= 15 is 0 Å². The number of nitrogens with one attached hydrogen (secondary N) is 2. The van der Waals surface area contributed by atoms with Crippen LogP contribution >= 0.6 is 0 Å². The summed E-state index contributed by atoms with van der Waals surface area (Å²) in [6.45, 7) is 5.71. The van der Waals surface area contributed by atoms with Crippen LogP contribution in [-0.4, -0.2) is 18.6 Å². The zero-order chi connectivity index (χ0) is 18.9. The van der Waals surface area contributed by atoms with Crippen LogP contribution in [0.1, 0.15) is 16.7 Å². The highest BCUT2D eigenvalue weighted by molar-refractivity contribution is 5.60. The van der Waals surface area contributed by atoms with Crippen molar-refractivity contribution in [3.05, 3.63) is 96.2 Å². The summed E-state index contributed by atoms with van der Waals surface area (Å²) < 4.78 is 5.80. The quantitative estimate of drug-likeness (QED) is 0.556. The number of aromatic nitrogens is 1. The Labute approximate surface area is 160 Å². The number of hydrogen-bond acceptors (Lipinski definition) is 4. The highest BCUT2D eigenvalue weighted by Crippen LogP contribution is 2.21. The average Bonchev–Trinajstić information content (AvgIpc) is 2.73. The van der Waals surface area contributed by atoms with Crippen LogP contribution in [0.2, 0.25) is 0 Å². The summed E-state index contributed by atoms with van der Waals surface area (Å²) in [4.78, 5) is 4.32. The Morgan fingerprint density at radius 3 is 2.41 bits per heavy atom. The Hall–Kier alpha value is -3.11. The molecule has 138 valence electrons. The zero-order valence-electron chi connectivity index (χ0n) is 15.6. The van der Waals surface area contributed by atoms with Gasteiger partial charge in [-0.15, -0.1) is 0 Å².